The van der Waals surface area contributed by atoms with Crippen LogP contribution in [-0.2, 0) is 11.3 Å². The number of aliphatic hydroxyl groups is 1. The van der Waals surface area contributed by atoms with E-state index >= 15 is 0 Å². The number of rotatable bonds is 2. The van der Waals surface area contributed by atoms with Gasteiger partial charge in [0.05, 0.1) is 11.7 Å². The molecule has 1 N–H and O–H groups in total. The molecular formula is C16H21ClFNO2. The number of halogens is 2. The van der Waals surface area contributed by atoms with Gasteiger partial charge >= 0.3 is 0 Å². The highest BCUT2D eigenvalue weighted by Gasteiger charge is 2.43. The fraction of sp³-hybridized carbons (Fsp3) is 0.625. The zero-order valence-electron chi connectivity index (χ0n) is 12.0. The van der Waals surface area contributed by atoms with Crippen LogP contribution in [0.5, 0.6) is 0 Å². The molecule has 1 atom stereocenters. The molecule has 0 amide bonds. The second-order valence-electron chi connectivity index (χ2n) is 6.08. The van der Waals surface area contributed by atoms with Crippen molar-refractivity contribution in [2.75, 3.05) is 19.7 Å². The first kappa shape index (κ1) is 15.2. The Bertz CT molecular complexity index is 503. The van der Waals surface area contributed by atoms with Crippen molar-refractivity contribution in [1.82, 2.24) is 4.90 Å². The van der Waals surface area contributed by atoms with Crippen molar-refractivity contribution in [2.24, 2.45) is 0 Å². The van der Waals surface area contributed by atoms with E-state index in [1.165, 1.54) is 12.1 Å². The van der Waals surface area contributed by atoms with Crippen molar-refractivity contribution >= 4 is 11.6 Å². The highest BCUT2D eigenvalue weighted by atomic mass is 35.5. The lowest BCUT2D eigenvalue weighted by Gasteiger charge is -2.46. The molecule has 2 fully saturated rings. The molecule has 1 spiro atoms. The van der Waals surface area contributed by atoms with Gasteiger partial charge in [-0.2, -0.15) is 0 Å². The predicted octanol–water partition coefficient (Wildman–Crippen LogP) is 2.99. The van der Waals surface area contributed by atoms with Gasteiger partial charge in [-0.1, -0.05) is 17.7 Å². The van der Waals surface area contributed by atoms with Crippen LogP contribution >= 0.6 is 11.6 Å². The highest BCUT2D eigenvalue weighted by Crippen LogP contribution is 2.35. The molecular weight excluding hydrogens is 293 g/mol. The van der Waals surface area contributed by atoms with Gasteiger partial charge in [0, 0.05) is 31.3 Å². The van der Waals surface area contributed by atoms with Crippen LogP contribution in [-0.4, -0.2) is 41.4 Å². The summed E-state index contributed by atoms with van der Waals surface area (Å²) in [5.41, 5.74) is 0.598. The van der Waals surface area contributed by atoms with E-state index in [1.54, 1.807) is 6.07 Å². The van der Waals surface area contributed by atoms with E-state index < -0.39 is 0 Å². The van der Waals surface area contributed by atoms with Crippen LogP contribution < -0.4 is 0 Å². The van der Waals surface area contributed by atoms with Crippen molar-refractivity contribution < 1.29 is 14.2 Å². The summed E-state index contributed by atoms with van der Waals surface area (Å²) < 4.78 is 19.0. The number of ether oxygens (including phenoxy) is 1. The van der Waals surface area contributed by atoms with Gasteiger partial charge in [-0.3, -0.25) is 4.90 Å². The molecule has 0 saturated carbocycles. The first-order chi connectivity index (χ1) is 10.1. The number of benzene rings is 1. The monoisotopic (exact) mass is 313 g/mol. The van der Waals surface area contributed by atoms with Crippen LogP contribution in [0, 0.1) is 5.82 Å². The van der Waals surface area contributed by atoms with Crippen molar-refractivity contribution in [3.63, 3.8) is 0 Å². The molecule has 5 heteroatoms. The molecule has 0 bridgehead atoms. The Morgan fingerprint density at radius 3 is 2.81 bits per heavy atom. The van der Waals surface area contributed by atoms with Gasteiger partial charge in [0.15, 0.2) is 0 Å². The van der Waals surface area contributed by atoms with Crippen molar-refractivity contribution in [3.8, 4) is 0 Å². The second-order valence-corrected chi connectivity index (χ2v) is 6.49. The summed E-state index contributed by atoms with van der Waals surface area (Å²) in [5, 5.41) is 10.7. The Morgan fingerprint density at radius 2 is 2.14 bits per heavy atom. The Hall–Kier alpha value is -0.680. The lowest BCUT2D eigenvalue weighted by Crippen LogP contribution is -2.55. The van der Waals surface area contributed by atoms with Crippen LogP contribution in [0.4, 0.5) is 4.39 Å². The molecule has 2 aliphatic heterocycles. The van der Waals surface area contributed by atoms with Crippen LogP contribution in [0.3, 0.4) is 0 Å². The van der Waals surface area contributed by atoms with E-state index in [-0.39, 0.29) is 17.5 Å². The molecule has 2 aliphatic rings. The van der Waals surface area contributed by atoms with E-state index in [1.807, 2.05) is 0 Å². The smallest absolute Gasteiger partial charge is 0.124 e. The molecule has 21 heavy (non-hydrogen) atoms. The Balaban J connectivity index is 1.61. The molecule has 0 aliphatic carbocycles. The minimum atomic E-state index is -0.346. The van der Waals surface area contributed by atoms with Crippen LogP contribution in [0.25, 0.3) is 0 Å². The minimum Gasteiger partial charge on any atom is -0.390 e. The fourth-order valence-corrected chi connectivity index (χ4v) is 3.60. The molecule has 1 aromatic carbocycles. The number of aliphatic hydroxyl groups excluding tert-OH is 1. The molecule has 1 aromatic rings. The Kier molecular flexibility index (Phi) is 4.50. The van der Waals surface area contributed by atoms with Crippen molar-refractivity contribution in [2.45, 2.75) is 43.9 Å². The largest absolute Gasteiger partial charge is 0.390 e. The first-order valence-electron chi connectivity index (χ1n) is 7.57. The standard InChI is InChI=1S/C16H21ClFNO2/c17-14-10-13(18)4-3-12(14)11-19-7-5-16(6-8-19)15(20)2-1-9-21-16/h3-4,10,15,20H,1-2,5-9,11H2. The summed E-state index contributed by atoms with van der Waals surface area (Å²) in [5.74, 6) is -0.305. The predicted molar refractivity (Wildman–Crippen MR) is 79.8 cm³/mol. The van der Waals surface area contributed by atoms with E-state index in [0.29, 0.717) is 11.6 Å². The molecule has 1 unspecified atom stereocenters. The number of hydrogen-bond donors (Lipinski definition) is 1. The van der Waals surface area contributed by atoms with Gasteiger partial charge in [-0.05, 0) is 43.4 Å². The van der Waals surface area contributed by atoms with Gasteiger partial charge in [0.1, 0.15) is 5.82 Å². The molecule has 0 radical (unpaired) electrons. The molecule has 116 valence electrons. The van der Waals surface area contributed by atoms with Gasteiger partial charge < -0.3 is 9.84 Å². The van der Waals surface area contributed by atoms with E-state index in [4.69, 9.17) is 16.3 Å². The van der Waals surface area contributed by atoms with Gasteiger partial charge in [0.25, 0.3) is 0 Å². The molecule has 3 nitrogen and oxygen atoms in total. The maximum absolute atomic E-state index is 13.1. The summed E-state index contributed by atoms with van der Waals surface area (Å²) in [7, 11) is 0. The minimum absolute atomic E-state index is 0.305. The summed E-state index contributed by atoms with van der Waals surface area (Å²) in [6, 6.07) is 4.55. The maximum atomic E-state index is 13.1. The Morgan fingerprint density at radius 1 is 1.38 bits per heavy atom. The first-order valence-corrected chi connectivity index (χ1v) is 7.95. The average Bonchev–Trinajstić information content (AvgIpc) is 2.47. The Labute approximate surface area is 129 Å². The summed E-state index contributed by atoms with van der Waals surface area (Å²) in [6.07, 6.45) is 3.12. The third-order valence-corrected chi connectivity index (χ3v) is 5.08. The topological polar surface area (TPSA) is 32.7 Å². The van der Waals surface area contributed by atoms with E-state index in [9.17, 15) is 9.50 Å². The number of nitrogens with zero attached hydrogens (tertiary/aromatic N) is 1. The molecule has 2 heterocycles. The van der Waals surface area contributed by atoms with Crippen molar-refractivity contribution in [3.05, 3.63) is 34.6 Å². The third-order valence-electron chi connectivity index (χ3n) is 4.73. The number of piperidine rings is 1. The lowest BCUT2D eigenvalue weighted by atomic mass is 9.82. The number of hydrogen-bond acceptors (Lipinski definition) is 3. The summed E-state index contributed by atoms with van der Waals surface area (Å²) >= 11 is 6.08. The third kappa shape index (κ3) is 3.24. The highest BCUT2D eigenvalue weighted by molar-refractivity contribution is 6.31. The molecule has 0 aromatic heterocycles. The van der Waals surface area contributed by atoms with Crippen molar-refractivity contribution in [1.29, 1.82) is 0 Å². The normalized spacial score (nSPS) is 26.1. The number of likely N-dealkylation sites (tertiary alicyclic amines) is 1. The fourth-order valence-electron chi connectivity index (χ4n) is 3.37. The second kappa shape index (κ2) is 6.21. The zero-order chi connectivity index (χ0) is 14.9. The SMILES string of the molecule is OC1CCCOC12CCN(Cc1ccc(F)cc1Cl)CC2. The van der Waals surface area contributed by atoms with E-state index in [2.05, 4.69) is 4.90 Å². The summed E-state index contributed by atoms with van der Waals surface area (Å²) in [4.78, 5) is 2.29. The van der Waals surface area contributed by atoms with Gasteiger partial charge in [-0.15, -0.1) is 0 Å². The molecule has 2 saturated heterocycles. The molecule has 3 rings (SSSR count). The van der Waals surface area contributed by atoms with Gasteiger partial charge in [-0.25, -0.2) is 4.39 Å². The zero-order valence-corrected chi connectivity index (χ0v) is 12.8. The van der Waals surface area contributed by atoms with Crippen LogP contribution in [0.2, 0.25) is 5.02 Å². The lowest BCUT2D eigenvalue weighted by molar-refractivity contribution is -0.177. The van der Waals surface area contributed by atoms with Gasteiger partial charge in [0.2, 0.25) is 0 Å². The van der Waals surface area contributed by atoms with E-state index in [0.717, 1.165) is 50.9 Å². The maximum Gasteiger partial charge on any atom is 0.124 e. The van der Waals surface area contributed by atoms with Crippen LogP contribution in [0.1, 0.15) is 31.2 Å². The van der Waals surface area contributed by atoms with Crippen LogP contribution in [0.15, 0.2) is 18.2 Å². The average molecular weight is 314 g/mol. The summed E-state index contributed by atoms with van der Waals surface area (Å²) in [6.45, 7) is 3.20. The quantitative estimate of drug-likeness (QED) is 0.911.